The standard InChI is InChI=1S/C25H23N3O6/c1-15(29)26-17-9-11-18(12-10-17)27-22(30)14-34-25(33)16-5-4-6-19(13-16)28-23(31)20-7-2-3-8-21(20)24(28)32/h2-6,9-13,20-21H,7-8,14H2,1H3,(H,26,29)(H,27,30)/t20-,21+. The van der Waals surface area contributed by atoms with E-state index in [9.17, 15) is 24.0 Å². The van der Waals surface area contributed by atoms with E-state index in [1.807, 2.05) is 12.2 Å². The highest BCUT2D eigenvalue weighted by atomic mass is 16.5. The van der Waals surface area contributed by atoms with Gasteiger partial charge in [-0.15, -0.1) is 0 Å². The number of nitrogens with zero attached hydrogens (tertiary/aromatic N) is 1. The molecule has 0 radical (unpaired) electrons. The van der Waals surface area contributed by atoms with Crippen LogP contribution in [0.25, 0.3) is 0 Å². The summed E-state index contributed by atoms with van der Waals surface area (Å²) in [6, 6.07) is 12.5. The van der Waals surface area contributed by atoms with Gasteiger partial charge in [0.15, 0.2) is 6.61 Å². The molecule has 1 aliphatic carbocycles. The number of fused-ring (bicyclic) bond motifs is 1. The average molecular weight is 461 g/mol. The minimum Gasteiger partial charge on any atom is -0.452 e. The molecule has 0 aromatic heterocycles. The fraction of sp³-hybridized carbons (Fsp3) is 0.240. The number of carbonyl (C=O) groups excluding carboxylic acids is 5. The Bertz CT molecular complexity index is 1160. The van der Waals surface area contributed by atoms with Crippen molar-refractivity contribution < 1.29 is 28.7 Å². The number of hydrogen-bond acceptors (Lipinski definition) is 6. The van der Waals surface area contributed by atoms with Crippen molar-refractivity contribution in [3.63, 3.8) is 0 Å². The lowest BCUT2D eigenvalue weighted by molar-refractivity contribution is -0.122. The van der Waals surface area contributed by atoms with Crippen molar-refractivity contribution in [3.05, 3.63) is 66.2 Å². The van der Waals surface area contributed by atoms with Crippen molar-refractivity contribution in [3.8, 4) is 0 Å². The van der Waals surface area contributed by atoms with E-state index in [1.165, 1.54) is 19.1 Å². The van der Waals surface area contributed by atoms with E-state index in [4.69, 9.17) is 4.74 Å². The molecule has 2 aliphatic rings. The lowest BCUT2D eigenvalue weighted by atomic mass is 9.85. The third kappa shape index (κ3) is 4.88. The second-order valence-corrected chi connectivity index (χ2v) is 8.10. The molecule has 0 unspecified atom stereocenters. The van der Waals surface area contributed by atoms with Crippen LogP contribution in [0.15, 0.2) is 60.7 Å². The predicted molar refractivity (Wildman–Crippen MR) is 124 cm³/mol. The Balaban J connectivity index is 1.35. The highest BCUT2D eigenvalue weighted by Crippen LogP contribution is 2.37. The lowest BCUT2D eigenvalue weighted by Crippen LogP contribution is -2.31. The SMILES string of the molecule is CC(=O)Nc1ccc(NC(=O)COC(=O)c2cccc(N3C(=O)[C@H]4CC=CC[C@H]4C3=O)c2)cc1. The Morgan fingerprint density at radius 1 is 0.912 bits per heavy atom. The molecule has 2 atom stereocenters. The molecular weight excluding hydrogens is 438 g/mol. The summed E-state index contributed by atoms with van der Waals surface area (Å²) in [7, 11) is 0. The van der Waals surface area contributed by atoms with Crippen LogP contribution in [0.5, 0.6) is 0 Å². The van der Waals surface area contributed by atoms with Gasteiger partial charge in [-0.2, -0.15) is 0 Å². The van der Waals surface area contributed by atoms with Gasteiger partial charge in [0, 0.05) is 18.3 Å². The summed E-state index contributed by atoms with van der Waals surface area (Å²) >= 11 is 0. The van der Waals surface area contributed by atoms with Crippen LogP contribution in [0.4, 0.5) is 17.1 Å². The van der Waals surface area contributed by atoms with E-state index in [0.29, 0.717) is 29.9 Å². The van der Waals surface area contributed by atoms with Crippen LogP contribution in [-0.2, 0) is 23.9 Å². The zero-order chi connectivity index (χ0) is 24.2. The first-order chi connectivity index (χ1) is 16.3. The van der Waals surface area contributed by atoms with Gasteiger partial charge in [-0.05, 0) is 55.3 Å². The number of nitrogens with one attached hydrogen (secondary N) is 2. The van der Waals surface area contributed by atoms with E-state index in [-0.39, 0.29) is 35.1 Å². The highest BCUT2D eigenvalue weighted by molar-refractivity contribution is 6.22. The summed E-state index contributed by atoms with van der Waals surface area (Å²) in [5.74, 6) is -2.79. The first kappa shape index (κ1) is 22.9. The van der Waals surface area contributed by atoms with E-state index < -0.39 is 18.5 Å². The molecule has 2 aromatic carbocycles. The highest BCUT2D eigenvalue weighted by Gasteiger charge is 2.47. The summed E-state index contributed by atoms with van der Waals surface area (Å²) in [5.41, 5.74) is 1.49. The van der Waals surface area contributed by atoms with Gasteiger partial charge in [-0.3, -0.25) is 24.1 Å². The van der Waals surface area contributed by atoms with Crippen LogP contribution < -0.4 is 15.5 Å². The summed E-state index contributed by atoms with van der Waals surface area (Å²) in [4.78, 5) is 62.4. The van der Waals surface area contributed by atoms with E-state index in [1.54, 1.807) is 36.4 Å². The van der Waals surface area contributed by atoms with Gasteiger partial charge < -0.3 is 15.4 Å². The number of anilines is 3. The number of amides is 4. The Labute approximate surface area is 195 Å². The van der Waals surface area contributed by atoms with Gasteiger partial charge in [0.25, 0.3) is 5.91 Å². The van der Waals surface area contributed by atoms with Crippen molar-refractivity contribution in [2.75, 3.05) is 22.1 Å². The van der Waals surface area contributed by atoms with Gasteiger partial charge in [-0.25, -0.2) is 4.79 Å². The number of benzene rings is 2. The zero-order valence-corrected chi connectivity index (χ0v) is 18.4. The fourth-order valence-electron chi connectivity index (χ4n) is 4.08. The topological polar surface area (TPSA) is 122 Å². The Hall–Kier alpha value is -4.27. The number of esters is 1. The summed E-state index contributed by atoms with van der Waals surface area (Å²) < 4.78 is 5.10. The summed E-state index contributed by atoms with van der Waals surface area (Å²) in [6.45, 7) is 0.873. The maximum absolute atomic E-state index is 12.8. The fourth-order valence-corrected chi connectivity index (χ4v) is 4.08. The van der Waals surface area contributed by atoms with Crippen molar-refractivity contribution >= 4 is 46.7 Å². The second kappa shape index (κ2) is 9.70. The quantitative estimate of drug-likeness (QED) is 0.388. The lowest BCUT2D eigenvalue weighted by Gasteiger charge is -2.15. The maximum atomic E-state index is 12.8. The molecule has 2 N–H and O–H groups in total. The molecule has 4 amide bonds. The van der Waals surface area contributed by atoms with E-state index in [2.05, 4.69) is 10.6 Å². The second-order valence-electron chi connectivity index (χ2n) is 8.10. The van der Waals surface area contributed by atoms with Crippen molar-refractivity contribution in [1.29, 1.82) is 0 Å². The van der Waals surface area contributed by atoms with Crippen LogP contribution in [0, 0.1) is 11.8 Å². The predicted octanol–water partition coefficient (Wildman–Crippen LogP) is 2.90. The molecule has 0 spiro atoms. The third-order valence-electron chi connectivity index (χ3n) is 5.67. The van der Waals surface area contributed by atoms with Crippen molar-refractivity contribution in [2.24, 2.45) is 11.8 Å². The first-order valence-electron chi connectivity index (χ1n) is 10.8. The minimum atomic E-state index is -0.754. The molecule has 4 rings (SSSR count). The number of ether oxygens (including phenoxy) is 1. The molecular formula is C25H23N3O6. The van der Waals surface area contributed by atoms with Crippen molar-refractivity contribution in [1.82, 2.24) is 0 Å². The van der Waals surface area contributed by atoms with Crippen LogP contribution in [0.1, 0.15) is 30.1 Å². The largest absolute Gasteiger partial charge is 0.452 e. The molecule has 9 heteroatoms. The maximum Gasteiger partial charge on any atom is 0.338 e. The summed E-state index contributed by atoms with van der Waals surface area (Å²) in [6.07, 6.45) is 4.87. The molecule has 1 heterocycles. The molecule has 1 fully saturated rings. The van der Waals surface area contributed by atoms with Gasteiger partial charge in [0.1, 0.15) is 0 Å². The van der Waals surface area contributed by atoms with Crippen LogP contribution in [-0.4, -0.2) is 36.2 Å². The third-order valence-corrected chi connectivity index (χ3v) is 5.67. The number of imide groups is 1. The van der Waals surface area contributed by atoms with Crippen LogP contribution in [0.3, 0.4) is 0 Å². The number of rotatable bonds is 6. The molecule has 9 nitrogen and oxygen atoms in total. The Morgan fingerprint density at radius 3 is 2.09 bits per heavy atom. The van der Waals surface area contributed by atoms with Gasteiger partial charge >= 0.3 is 5.97 Å². The smallest absolute Gasteiger partial charge is 0.338 e. The van der Waals surface area contributed by atoms with Gasteiger partial charge in [0.05, 0.1) is 23.1 Å². The van der Waals surface area contributed by atoms with Crippen LogP contribution >= 0.6 is 0 Å². The Kier molecular flexibility index (Phi) is 6.53. The molecule has 2 aromatic rings. The Morgan fingerprint density at radius 2 is 1.50 bits per heavy atom. The van der Waals surface area contributed by atoms with Gasteiger partial charge in [-0.1, -0.05) is 18.2 Å². The first-order valence-corrected chi connectivity index (χ1v) is 10.8. The molecule has 1 saturated heterocycles. The molecule has 0 bridgehead atoms. The normalized spacial score (nSPS) is 18.9. The molecule has 174 valence electrons. The number of hydrogen-bond donors (Lipinski definition) is 2. The molecule has 1 aliphatic heterocycles. The molecule has 0 saturated carbocycles. The van der Waals surface area contributed by atoms with E-state index >= 15 is 0 Å². The zero-order valence-electron chi connectivity index (χ0n) is 18.4. The number of allylic oxidation sites excluding steroid dienone is 2. The summed E-state index contributed by atoms with van der Waals surface area (Å²) in [5, 5.41) is 5.21. The van der Waals surface area contributed by atoms with Crippen molar-refractivity contribution in [2.45, 2.75) is 19.8 Å². The monoisotopic (exact) mass is 461 g/mol. The minimum absolute atomic E-state index is 0.124. The number of carbonyl (C=O) groups is 5. The molecule has 34 heavy (non-hydrogen) atoms. The average Bonchev–Trinajstić information content (AvgIpc) is 3.08. The van der Waals surface area contributed by atoms with Gasteiger partial charge in [0.2, 0.25) is 17.7 Å². The van der Waals surface area contributed by atoms with Crippen LogP contribution in [0.2, 0.25) is 0 Å². The van der Waals surface area contributed by atoms with E-state index in [0.717, 1.165) is 4.90 Å².